The van der Waals surface area contributed by atoms with Gasteiger partial charge in [-0.25, -0.2) is 4.98 Å². The number of benzene rings is 1. The van der Waals surface area contributed by atoms with E-state index in [0.29, 0.717) is 11.8 Å². The molecule has 3 aliphatic rings. The van der Waals surface area contributed by atoms with Crippen molar-refractivity contribution < 1.29 is 14.7 Å². The summed E-state index contributed by atoms with van der Waals surface area (Å²) >= 11 is 0. The molecule has 2 aromatic heterocycles. The Hall–Kier alpha value is -3.68. The Labute approximate surface area is 267 Å². The molecule has 0 saturated heterocycles. The molecule has 6 rings (SSSR count). The van der Waals surface area contributed by atoms with E-state index in [1.165, 1.54) is 24.8 Å². The number of carboxylic acids is 1. The second kappa shape index (κ2) is 13.4. The van der Waals surface area contributed by atoms with Crippen molar-refractivity contribution >= 4 is 23.4 Å². The second-order valence-electron chi connectivity index (χ2n) is 14.2. The van der Waals surface area contributed by atoms with Crippen LogP contribution in [0.3, 0.4) is 0 Å². The van der Waals surface area contributed by atoms with Gasteiger partial charge in [-0.3, -0.25) is 14.3 Å². The third-order valence-corrected chi connectivity index (χ3v) is 11.1. The summed E-state index contributed by atoms with van der Waals surface area (Å²) in [5.41, 5.74) is 4.64. The number of aliphatic carboxylic acids is 1. The van der Waals surface area contributed by atoms with Gasteiger partial charge >= 0.3 is 5.97 Å². The average molecular weight is 612 g/mol. The number of hydrogen-bond donors (Lipinski definition) is 2. The molecular formula is C37H49N5O3. The summed E-state index contributed by atoms with van der Waals surface area (Å²) in [5, 5.41) is 17.0. The summed E-state index contributed by atoms with van der Waals surface area (Å²) in [6.45, 7) is 4.98. The van der Waals surface area contributed by atoms with E-state index >= 15 is 0 Å². The molecule has 240 valence electrons. The zero-order chi connectivity index (χ0) is 31.6. The van der Waals surface area contributed by atoms with Gasteiger partial charge in [0.05, 0.1) is 6.20 Å². The first-order chi connectivity index (χ1) is 21.7. The van der Waals surface area contributed by atoms with Crippen LogP contribution in [-0.4, -0.2) is 45.3 Å². The minimum absolute atomic E-state index is 0.0619. The highest BCUT2D eigenvalue weighted by Crippen LogP contribution is 2.53. The van der Waals surface area contributed by atoms with E-state index in [4.69, 9.17) is 0 Å². The van der Waals surface area contributed by atoms with Crippen molar-refractivity contribution in [1.29, 1.82) is 0 Å². The maximum Gasteiger partial charge on any atom is 0.303 e. The zero-order valence-electron chi connectivity index (χ0n) is 27.1. The summed E-state index contributed by atoms with van der Waals surface area (Å²) in [5.74, 6) is 1.51. The lowest BCUT2D eigenvalue weighted by Crippen LogP contribution is -2.47. The number of rotatable bonds is 10. The highest BCUT2D eigenvalue weighted by Gasteiger charge is 2.45. The standard InChI is InChI=1S/C37H49N5O3/c1-25(2)42-24-31(21-40-42)28-6-4-8-33(19-28)41(36(45)27-11-9-26(10-12-27)18-35(43)44)23-30-15-17-37(16-5-7-29(30)20-37)32-13-14-34(38-3)39-22-32/h4,6,8,13-14,19,21-22,24-27,29-30H,5,7,9-12,15-18,20,23H2,1-3H3,(H,38,39)(H,43,44)/t26-,27-,29?,30?,37?. The summed E-state index contributed by atoms with van der Waals surface area (Å²) < 4.78 is 1.97. The highest BCUT2D eigenvalue weighted by molar-refractivity contribution is 5.95. The fraction of sp³-hybridized carbons (Fsp3) is 0.568. The number of carbonyl (C=O) groups is 2. The van der Waals surface area contributed by atoms with Gasteiger partial charge in [0, 0.05) is 55.6 Å². The smallest absolute Gasteiger partial charge is 0.303 e. The molecule has 1 amide bonds. The molecule has 3 unspecified atom stereocenters. The fourth-order valence-corrected chi connectivity index (χ4v) is 8.50. The van der Waals surface area contributed by atoms with Crippen molar-refractivity contribution in [2.24, 2.45) is 23.7 Å². The second-order valence-corrected chi connectivity index (χ2v) is 14.2. The number of carboxylic acid groups (broad SMARTS) is 1. The van der Waals surface area contributed by atoms with Crippen LogP contribution in [0.2, 0.25) is 0 Å². The van der Waals surface area contributed by atoms with E-state index in [2.05, 4.69) is 82.9 Å². The number of hydrogen-bond acceptors (Lipinski definition) is 5. The van der Waals surface area contributed by atoms with Gasteiger partial charge in [-0.15, -0.1) is 0 Å². The third-order valence-electron chi connectivity index (χ3n) is 11.1. The van der Waals surface area contributed by atoms with Gasteiger partial charge in [-0.05, 0) is 118 Å². The number of nitrogens with zero attached hydrogens (tertiary/aromatic N) is 4. The molecule has 2 bridgehead atoms. The normalized spacial score (nSPS) is 26.4. The molecule has 3 saturated carbocycles. The Kier molecular flexibility index (Phi) is 9.29. The predicted octanol–water partition coefficient (Wildman–Crippen LogP) is 7.72. The lowest BCUT2D eigenvalue weighted by atomic mass is 9.56. The average Bonchev–Trinajstić information content (AvgIpc) is 3.56. The Morgan fingerprint density at radius 3 is 2.56 bits per heavy atom. The zero-order valence-corrected chi connectivity index (χ0v) is 27.1. The van der Waals surface area contributed by atoms with E-state index < -0.39 is 5.97 Å². The van der Waals surface area contributed by atoms with Gasteiger partial charge in [-0.2, -0.15) is 5.10 Å². The van der Waals surface area contributed by atoms with Crippen LogP contribution in [0.4, 0.5) is 11.5 Å². The molecule has 2 N–H and O–H groups in total. The van der Waals surface area contributed by atoms with Crippen LogP contribution < -0.4 is 10.2 Å². The summed E-state index contributed by atoms with van der Waals surface area (Å²) in [6, 6.07) is 13.1. The van der Waals surface area contributed by atoms with Crippen molar-refractivity contribution in [3.63, 3.8) is 0 Å². The Morgan fingerprint density at radius 2 is 1.87 bits per heavy atom. The van der Waals surface area contributed by atoms with Crippen LogP contribution >= 0.6 is 0 Å². The maximum atomic E-state index is 14.4. The van der Waals surface area contributed by atoms with E-state index in [-0.39, 0.29) is 35.6 Å². The molecule has 8 nitrogen and oxygen atoms in total. The molecule has 0 spiro atoms. The predicted molar refractivity (Wildman–Crippen MR) is 178 cm³/mol. The minimum atomic E-state index is -0.737. The van der Waals surface area contributed by atoms with Crippen LogP contribution in [-0.2, 0) is 15.0 Å². The summed E-state index contributed by atoms with van der Waals surface area (Å²) in [6.07, 6.45) is 16.5. The Balaban J connectivity index is 1.25. The van der Waals surface area contributed by atoms with Crippen molar-refractivity contribution in [3.8, 4) is 11.1 Å². The number of amides is 1. The first-order valence-corrected chi connectivity index (χ1v) is 17.1. The molecule has 8 heteroatoms. The van der Waals surface area contributed by atoms with Crippen LogP contribution in [0, 0.1) is 23.7 Å². The quantitative estimate of drug-likeness (QED) is 0.243. The van der Waals surface area contributed by atoms with Gasteiger partial charge in [-0.1, -0.05) is 31.0 Å². The third kappa shape index (κ3) is 6.80. The molecule has 3 fully saturated rings. The minimum Gasteiger partial charge on any atom is -0.481 e. The SMILES string of the molecule is CNc1ccc(C23CCCC(C2)C(CN(c2cccc(-c4cnn(C(C)C)c4)c2)C(=O)[C@H]2CC[C@H](CC(=O)O)CC2)CC3)cn1. The first kappa shape index (κ1) is 31.3. The molecule has 45 heavy (non-hydrogen) atoms. The van der Waals surface area contributed by atoms with Crippen molar-refractivity contribution in [2.75, 3.05) is 23.8 Å². The number of anilines is 2. The van der Waals surface area contributed by atoms with Gasteiger partial charge in [0.15, 0.2) is 0 Å². The Morgan fingerprint density at radius 1 is 1.04 bits per heavy atom. The topological polar surface area (TPSA) is 100 Å². The Bertz CT molecular complexity index is 1480. The van der Waals surface area contributed by atoms with Gasteiger partial charge < -0.3 is 15.3 Å². The summed E-state index contributed by atoms with van der Waals surface area (Å²) in [7, 11) is 1.91. The van der Waals surface area contributed by atoms with Crippen LogP contribution in [0.15, 0.2) is 55.0 Å². The van der Waals surface area contributed by atoms with E-state index in [0.717, 1.165) is 74.1 Å². The van der Waals surface area contributed by atoms with Gasteiger partial charge in [0.2, 0.25) is 5.91 Å². The highest BCUT2D eigenvalue weighted by atomic mass is 16.4. The molecule has 3 aromatic rings. The maximum absolute atomic E-state index is 14.4. The lowest BCUT2D eigenvalue weighted by Gasteiger charge is -2.50. The number of fused-ring (bicyclic) bond motifs is 2. The van der Waals surface area contributed by atoms with Crippen molar-refractivity contribution in [3.05, 3.63) is 60.6 Å². The van der Waals surface area contributed by atoms with E-state index in [1.807, 2.05) is 17.9 Å². The first-order valence-electron chi connectivity index (χ1n) is 17.1. The fourth-order valence-electron chi connectivity index (χ4n) is 8.50. The monoisotopic (exact) mass is 611 g/mol. The molecule has 0 aliphatic heterocycles. The molecule has 3 atom stereocenters. The van der Waals surface area contributed by atoms with Gasteiger partial charge in [0.1, 0.15) is 5.82 Å². The number of pyridine rings is 1. The lowest BCUT2D eigenvalue weighted by molar-refractivity contribution is -0.138. The van der Waals surface area contributed by atoms with Gasteiger partial charge in [0.25, 0.3) is 0 Å². The molecule has 3 aliphatic carbocycles. The van der Waals surface area contributed by atoms with Crippen molar-refractivity contribution in [2.45, 2.75) is 95.9 Å². The molecule has 0 radical (unpaired) electrons. The number of carbonyl (C=O) groups excluding carboxylic acids is 1. The summed E-state index contributed by atoms with van der Waals surface area (Å²) in [4.78, 5) is 32.5. The number of aromatic nitrogens is 3. The molecule has 1 aromatic carbocycles. The largest absolute Gasteiger partial charge is 0.481 e. The van der Waals surface area contributed by atoms with Crippen LogP contribution in [0.1, 0.15) is 96.1 Å². The van der Waals surface area contributed by atoms with Crippen LogP contribution in [0.5, 0.6) is 0 Å². The van der Waals surface area contributed by atoms with E-state index in [9.17, 15) is 14.7 Å². The molecular weight excluding hydrogens is 562 g/mol. The van der Waals surface area contributed by atoms with Crippen LogP contribution in [0.25, 0.3) is 11.1 Å². The van der Waals surface area contributed by atoms with Crippen molar-refractivity contribution in [1.82, 2.24) is 14.8 Å². The number of nitrogens with one attached hydrogen (secondary N) is 1. The van der Waals surface area contributed by atoms with E-state index in [1.54, 1.807) is 0 Å². The molecule has 2 heterocycles.